The second kappa shape index (κ2) is 11.5. The molecule has 0 aliphatic carbocycles. The number of rotatable bonds is 11. The fraction of sp³-hybridized carbons (Fsp3) is 0.304. The molecule has 0 N–H and O–H groups in total. The summed E-state index contributed by atoms with van der Waals surface area (Å²) in [6.45, 7) is 7.62. The molecule has 0 unspecified atom stereocenters. The summed E-state index contributed by atoms with van der Waals surface area (Å²) in [5, 5.41) is 0. The van der Waals surface area contributed by atoms with Crippen molar-refractivity contribution in [1.29, 1.82) is 0 Å². The molecule has 6 heteroatoms. The smallest absolute Gasteiger partial charge is 0.343 e. The van der Waals surface area contributed by atoms with E-state index >= 15 is 0 Å². The second-order valence-corrected chi connectivity index (χ2v) is 6.42. The lowest BCUT2D eigenvalue weighted by Crippen LogP contribution is -2.11. The molecule has 0 aromatic heterocycles. The molecule has 0 radical (unpaired) electrons. The molecule has 0 aliphatic rings. The van der Waals surface area contributed by atoms with Crippen molar-refractivity contribution in [3.8, 4) is 17.2 Å². The molecule has 0 bridgehead atoms. The highest BCUT2D eigenvalue weighted by atomic mass is 16.7. The van der Waals surface area contributed by atoms with E-state index in [9.17, 15) is 9.59 Å². The Kier molecular flexibility index (Phi) is 8.76. The first kappa shape index (κ1) is 22.0. The van der Waals surface area contributed by atoms with Crippen molar-refractivity contribution in [3.63, 3.8) is 0 Å². The maximum Gasteiger partial charge on any atom is 0.343 e. The van der Waals surface area contributed by atoms with E-state index in [0.29, 0.717) is 29.2 Å². The highest BCUT2D eigenvalue weighted by molar-refractivity contribution is 5.91. The van der Waals surface area contributed by atoms with Gasteiger partial charge in [0.2, 0.25) is 6.79 Å². The molecule has 0 saturated heterocycles. The van der Waals surface area contributed by atoms with Crippen molar-refractivity contribution in [2.24, 2.45) is 0 Å². The Morgan fingerprint density at radius 1 is 0.862 bits per heavy atom. The van der Waals surface area contributed by atoms with Crippen LogP contribution in [0, 0.1) is 0 Å². The maximum absolute atomic E-state index is 12.3. The molecule has 0 atom stereocenters. The van der Waals surface area contributed by atoms with Gasteiger partial charge in [-0.1, -0.05) is 26.3 Å². The van der Waals surface area contributed by atoms with Crippen LogP contribution in [-0.2, 0) is 9.53 Å². The Labute approximate surface area is 171 Å². The average Bonchev–Trinajstić information content (AvgIpc) is 2.72. The van der Waals surface area contributed by atoms with Gasteiger partial charge in [-0.3, -0.25) is 0 Å². The summed E-state index contributed by atoms with van der Waals surface area (Å²) in [6.07, 6.45) is 3.30. The molecule has 2 rings (SSSR count). The van der Waals surface area contributed by atoms with E-state index in [2.05, 4.69) is 13.5 Å². The Morgan fingerprint density at radius 2 is 1.45 bits per heavy atom. The first-order valence-corrected chi connectivity index (χ1v) is 9.50. The number of benzene rings is 2. The molecule has 154 valence electrons. The molecule has 0 heterocycles. The predicted molar refractivity (Wildman–Crippen MR) is 109 cm³/mol. The number of esters is 2. The predicted octanol–water partition coefficient (Wildman–Crippen LogP) is 4.93. The van der Waals surface area contributed by atoms with Crippen molar-refractivity contribution >= 4 is 11.9 Å². The van der Waals surface area contributed by atoms with E-state index in [-0.39, 0.29) is 6.79 Å². The number of carbonyl (C=O) groups excluding carboxylic acids is 2. The Hall–Kier alpha value is -3.28. The minimum Gasteiger partial charge on any atom is -0.494 e. The molecular weight excluding hydrogens is 372 g/mol. The molecule has 0 spiro atoms. The van der Waals surface area contributed by atoms with Crippen molar-refractivity contribution in [1.82, 2.24) is 0 Å². The molecule has 2 aromatic carbocycles. The topological polar surface area (TPSA) is 71.1 Å². The van der Waals surface area contributed by atoms with Gasteiger partial charge in [0.05, 0.1) is 12.2 Å². The van der Waals surface area contributed by atoms with Gasteiger partial charge in [-0.2, -0.15) is 0 Å². The summed E-state index contributed by atoms with van der Waals surface area (Å²) in [4.78, 5) is 23.5. The fourth-order valence-corrected chi connectivity index (χ4v) is 2.27. The summed E-state index contributed by atoms with van der Waals surface area (Å²) in [5.74, 6) is 0.628. The quantitative estimate of drug-likeness (QED) is 0.176. The van der Waals surface area contributed by atoms with Crippen molar-refractivity contribution in [2.45, 2.75) is 33.1 Å². The lowest BCUT2D eigenvalue weighted by molar-refractivity contribution is -0.145. The van der Waals surface area contributed by atoms with Gasteiger partial charge in [0.25, 0.3) is 0 Å². The zero-order valence-electron chi connectivity index (χ0n) is 16.8. The molecule has 0 aliphatic heterocycles. The Balaban J connectivity index is 1.81. The van der Waals surface area contributed by atoms with Gasteiger partial charge in [0.15, 0.2) is 0 Å². The maximum atomic E-state index is 12.3. The van der Waals surface area contributed by atoms with Crippen LogP contribution in [0.15, 0.2) is 60.7 Å². The number of ether oxygens (including phenoxy) is 4. The minimum absolute atomic E-state index is 0.234. The first-order chi connectivity index (χ1) is 14.0. The molecule has 0 saturated carbocycles. The lowest BCUT2D eigenvalue weighted by Gasteiger charge is -2.09. The molecule has 29 heavy (non-hydrogen) atoms. The number of hydrogen-bond donors (Lipinski definition) is 0. The highest BCUT2D eigenvalue weighted by Gasteiger charge is 2.09. The van der Waals surface area contributed by atoms with Crippen LogP contribution in [0.3, 0.4) is 0 Å². The number of carbonyl (C=O) groups is 2. The second-order valence-electron chi connectivity index (χ2n) is 6.42. The van der Waals surface area contributed by atoms with Gasteiger partial charge in [-0.25, -0.2) is 9.59 Å². The summed E-state index contributed by atoms with van der Waals surface area (Å²) >= 11 is 0. The van der Waals surface area contributed by atoms with E-state index in [1.165, 1.54) is 0 Å². The first-order valence-electron chi connectivity index (χ1n) is 9.50. The van der Waals surface area contributed by atoms with E-state index in [1.54, 1.807) is 55.5 Å². The van der Waals surface area contributed by atoms with Gasteiger partial charge in [0, 0.05) is 5.57 Å². The van der Waals surface area contributed by atoms with Crippen molar-refractivity contribution in [2.75, 3.05) is 13.4 Å². The molecule has 0 fully saturated rings. The third-order valence-electron chi connectivity index (χ3n) is 3.90. The molecule has 2 aromatic rings. The average molecular weight is 398 g/mol. The van der Waals surface area contributed by atoms with Crippen LogP contribution >= 0.6 is 0 Å². The summed E-state index contributed by atoms with van der Waals surface area (Å²) in [7, 11) is 0. The van der Waals surface area contributed by atoms with E-state index < -0.39 is 11.9 Å². The van der Waals surface area contributed by atoms with Crippen LogP contribution in [0.4, 0.5) is 0 Å². The Morgan fingerprint density at radius 3 is 2.07 bits per heavy atom. The SMILES string of the molecule is C=C(C)C(=O)OCOc1ccc(C(=O)Oc2ccc(OCCCCC)cc2)cc1. The minimum atomic E-state index is -0.525. The van der Waals surface area contributed by atoms with Crippen molar-refractivity contribution in [3.05, 3.63) is 66.2 Å². The standard InChI is InChI=1S/C23H26O6/c1-4-5-6-15-26-19-11-13-21(14-12-19)29-23(25)18-7-9-20(10-8-18)27-16-28-22(24)17(2)3/h7-14H,2,4-6,15-16H2,1,3H3. The Bertz CT molecular complexity index is 808. The third kappa shape index (κ3) is 7.70. The van der Waals surface area contributed by atoms with Gasteiger partial charge < -0.3 is 18.9 Å². The van der Waals surface area contributed by atoms with Crippen molar-refractivity contribution < 1.29 is 28.5 Å². The van der Waals surface area contributed by atoms with Crippen LogP contribution in [0.1, 0.15) is 43.5 Å². The van der Waals surface area contributed by atoms with Gasteiger partial charge in [-0.05, 0) is 61.9 Å². The summed E-state index contributed by atoms with van der Waals surface area (Å²) in [5.41, 5.74) is 0.666. The molecule has 0 amide bonds. The van der Waals surface area contributed by atoms with E-state index in [0.717, 1.165) is 25.0 Å². The molecule has 6 nitrogen and oxygen atoms in total. The molecular formula is C23H26O6. The zero-order valence-corrected chi connectivity index (χ0v) is 16.8. The normalized spacial score (nSPS) is 10.1. The summed E-state index contributed by atoms with van der Waals surface area (Å²) < 4.78 is 21.1. The fourth-order valence-electron chi connectivity index (χ4n) is 2.27. The van der Waals surface area contributed by atoms with Gasteiger partial charge >= 0.3 is 11.9 Å². The number of hydrogen-bond acceptors (Lipinski definition) is 6. The third-order valence-corrected chi connectivity index (χ3v) is 3.90. The summed E-state index contributed by atoms with van der Waals surface area (Å²) in [6, 6.07) is 13.3. The highest BCUT2D eigenvalue weighted by Crippen LogP contribution is 2.20. The lowest BCUT2D eigenvalue weighted by atomic mass is 10.2. The van der Waals surface area contributed by atoms with E-state index in [1.807, 2.05) is 0 Å². The van der Waals surface area contributed by atoms with Gasteiger partial charge in [0.1, 0.15) is 17.2 Å². The van der Waals surface area contributed by atoms with Gasteiger partial charge in [-0.15, -0.1) is 0 Å². The van der Waals surface area contributed by atoms with Crippen LogP contribution in [0.25, 0.3) is 0 Å². The van der Waals surface area contributed by atoms with Crippen LogP contribution in [0.5, 0.6) is 17.2 Å². The van der Waals surface area contributed by atoms with Crippen LogP contribution < -0.4 is 14.2 Å². The van der Waals surface area contributed by atoms with E-state index in [4.69, 9.17) is 18.9 Å². The monoisotopic (exact) mass is 398 g/mol. The van der Waals surface area contributed by atoms with Crippen LogP contribution in [-0.4, -0.2) is 25.3 Å². The van der Waals surface area contributed by atoms with Crippen LogP contribution in [0.2, 0.25) is 0 Å². The zero-order chi connectivity index (χ0) is 21.1. The largest absolute Gasteiger partial charge is 0.494 e. The number of unbranched alkanes of at least 4 members (excludes halogenated alkanes) is 2.